The molecule has 1 aromatic carbocycles. The molecule has 0 radical (unpaired) electrons. The van der Waals surface area contributed by atoms with Crippen LogP contribution in [0.1, 0.15) is 61.0 Å². The number of amides is 2. The van der Waals surface area contributed by atoms with Crippen LogP contribution < -0.4 is 10.6 Å². The van der Waals surface area contributed by atoms with Crippen LogP contribution in [0.5, 0.6) is 0 Å². The Hall–Kier alpha value is -2.18. The number of carbonyl (C=O) groups is 2. The number of carbonyl (C=O) groups excluding carboxylic acids is 2. The highest BCUT2D eigenvalue weighted by Gasteiger charge is 2.29. The van der Waals surface area contributed by atoms with Gasteiger partial charge in [-0.3, -0.25) is 14.5 Å². The Morgan fingerprint density at radius 2 is 1.90 bits per heavy atom. The van der Waals surface area contributed by atoms with E-state index in [1.807, 2.05) is 39.8 Å². The molecule has 0 aliphatic carbocycles. The topological polar surface area (TPSA) is 61.4 Å². The lowest BCUT2D eigenvalue weighted by Crippen LogP contribution is -2.37. The number of nitrogens with zero attached hydrogens (tertiary/aromatic N) is 1. The number of anilines is 1. The van der Waals surface area contributed by atoms with Gasteiger partial charge in [-0.15, -0.1) is 11.3 Å². The fraction of sp³-hybridized carbons (Fsp3) is 0.478. The van der Waals surface area contributed by atoms with E-state index in [2.05, 4.69) is 46.7 Å². The van der Waals surface area contributed by atoms with Crippen LogP contribution in [-0.2, 0) is 4.79 Å². The highest BCUT2D eigenvalue weighted by molar-refractivity contribution is 7.18. The molecule has 2 amide bonds. The minimum atomic E-state index is -0.469. The van der Waals surface area contributed by atoms with E-state index in [-0.39, 0.29) is 17.9 Å². The molecule has 5 nitrogen and oxygen atoms in total. The molecule has 29 heavy (non-hydrogen) atoms. The smallest absolute Gasteiger partial charge is 0.261 e. The van der Waals surface area contributed by atoms with Crippen molar-refractivity contribution in [2.45, 2.75) is 53.1 Å². The zero-order valence-corrected chi connectivity index (χ0v) is 18.7. The molecule has 2 heterocycles. The number of aryl methyl sites for hydroxylation is 1. The van der Waals surface area contributed by atoms with Crippen LogP contribution in [0, 0.1) is 12.3 Å². The summed E-state index contributed by atoms with van der Waals surface area (Å²) in [5, 5.41) is 6.83. The van der Waals surface area contributed by atoms with E-state index in [4.69, 9.17) is 0 Å². The second-order valence-corrected chi connectivity index (χ2v) is 9.92. The summed E-state index contributed by atoms with van der Waals surface area (Å²) in [4.78, 5) is 28.1. The minimum absolute atomic E-state index is 0.0490. The highest BCUT2D eigenvalue weighted by atomic mass is 32.1. The first kappa shape index (κ1) is 21.5. The number of benzene rings is 1. The molecule has 1 aliphatic rings. The predicted octanol–water partition coefficient (Wildman–Crippen LogP) is 4.61. The van der Waals surface area contributed by atoms with Crippen LogP contribution in [0.3, 0.4) is 0 Å². The molecule has 0 spiro atoms. The number of rotatable bonds is 5. The Balaban J connectivity index is 1.59. The number of nitrogens with one attached hydrogen (secondary N) is 2. The maximum absolute atomic E-state index is 12.8. The molecule has 1 saturated heterocycles. The van der Waals surface area contributed by atoms with Crippen molar-refractivity contribution in [3.63, 3.8) is 0 Å². The fourth-order valence-corrected chi connectivity index (χ4v) is 4.49. The fourth-order valence-electron chi connectivity index (χ4n) is 3.52. The first-order valence-corrected chi connectivity index (χ1v) is 11.0. The van der Waals surface area contributed by atoms with Crippen LogP contribution in [0.25, 0.3) is 0 Å². The van der Waals surface area contributed by atoms with Crippen LogP contribution in [0.4, 0.5) is 5.00 Å². The van der Waals surface area contributed by atoms with Crippen LogP contribution >= 0.6 is 11.3 Å². The molecule has 6 heteroatoms. The lowest BCUT2D eigenvalue weighted by molar-refractivity contribution is -0.123. The normalized spacial score (nSPS) is 18.4. The van der Waals surface area contributed by atoms with E-state index < -0.39 is 5.41 Å². The molecule has 2 atom stereocenters. The Morgan fingerprint density at radius 3 is 2.55 bits per heavy atom. The molecule has 0 saturated carbocycles. The van der Waals surface area contributed by atoms with E-state index in [9.17, 15) is 9.59 Å². The summed E-state index contributed by atoms with van der Waals surface area (Å²) < 4.78 is 0. The highest BCUT2D eigenvalue weighted by Crippen LogP contribution is 2.29. The standard InChI is InChI=1S/C23H31N3O2S/c1-15-13-19(25-22(28)23(3,4)5)29-20(15)21(27)24-18-11-12-26(14-18)16(2)17-9-7-6-8-10-17/h6-10,13,16,18H,11-12,14H2,1-5H3,(H,24,27)(H,25,28). The molecule has 0 bridgehead atoms. The molecule has 1 aromatic heterocycles. The van der Waals surface area contributed by atoms with Crippen molar-refractivity contribution in [3.8, 4) is 0 Å². The van der Waals surface area contributed by atoms with Gasteiger partial charge in [0.1, 0.15) is 0 Å². The molecule has 2 aromatic rings. The second-order valence-electron chi connectivity index (χ2n) is 8.87. The molecule has 1 aliphatic heterocycles. The molecule has 2 unspecified atom stereocenters. The summed E-state index contributed by atoms with van der Waals surface area (Å²) >= 11 is 1.34. The van der Waals surface area contributed by atoms with Crippen molar-refractivity contribution in [1.82, 2.24) is 10.2 Å². The third-order valence-electron chi connectivity index (χ3n) is 5.43. The van der Waals surface area contributed by atoms with Gasteiger partial charge in [0.15, 0.2) is 0 Å². The summed E-state index contributed by atoms with van der Waals surface area (Å²) in [6.07, 6.45) is 0.945. The molecule has 2 N–H and O–H groups in total. The van der Waals surface area contributed by atoms with E-state index in [1.54, 1.807) is 0 Å². The summed E-state index contributed by atoms with van der Waals surface area (Å²) in [6, 6.07) is 12.8. The van der Waals surface area contributed by atoms with Crippen LogP contribution in [0.2, 0.25) is 0 Å². The third-order valence-corrected chi connectivity index (χ3v) is 6.58. The van der Waals surface area contributed by atoms with Gasteiger partial charge in [0.25, 0.3) is 5.91 Å². The van der Waals surface area contributed by atoms with Crippen LogP contribution in [0.15, 0.2) is 36.4 Å². The van der Waals surface area contributed by atoms with Crippen molar-refractivity contribution in [2.75, 3.05) is 18.4 Å². The number of hydrogen-bond acceptors (Lipinski definition) is 4. The third kappa shape index (κ3) is 5.25. The van der Waals surface area contributed by atoms with Crippen molar-refractivity contribution >= 4 is 28.2 Å². The quantitative estimate of drug-likeness (QED) is 0.753. The summed E-state index contributed by atoms with van der Waals surface area (Å²) in [5.41, 5.74) is 1.72. The Kier molecular flexibility index (Phi) is 6.44. The lowest BCUT2D eigenvalue weighted by Gasteiger charge is -2.24. The maximum atomic E-state index is 12.8. The Morgan fingerprint density at radius 1 is 1.21 bits per heavy atom. The van der Waals surface area contributed by atoms with Gasteiger partial charge in [-0.25, -0.2) is 0 Å². The van der Waals surface area contributed by atoms with Gasteiger partial charge in [-0.1, -0.05) is 51.1 Å². The van der Waals surface area contributed by atoms with Crippen molar-refractivity contribution in [1.29, 1.82) is 0 Å². The maximum Gasteiger partial charge on any atom is 0.261 e. The average molecular weight is 414 g/mol. The first-order valence-electron chi connectivity index (χ1n) is 10.2. The largest absolute Gasteiger partial charge is 0.347 e. The monoisotopic (exact) mass is 413 g/mol. The van der Waals surface area contributed by atoms with E-state index in [1.165, 1.54) is 16.9 Å². The predicted molar refractivity (Wildman–Crippen MR) is 119 cm³/mol. The molecular weight excluding hydrogens is 382 g/mol. The van der Waals surface area contributed by atoms with Crippen molar-refractivity contribution in [3.05, 3.63) is 52.4 Å². The molecular formula is C23H31N3O2S. The SMILES string of the molecule is Cc1cc(NC(=O)C(C)(C)C)sc1C(=O)NC1CCN(C(C)c2ccccc2)C1. The molecule has 1 fully saturated rings. The van der Waals surface area contributed by atoms with Crippen molar-refractivity contribution in [2.24, 2.45) is 5.41 Å². The first-order chi connectivity index (χ1) is 13.6. The van der Waals surface area contributed by atoms with Gasteiger partial charge in [0.2, 0.25) is 5.91 Å². The summed E-state index contributed by atoms with van der Waals surface area (Å²) in [6.45, 7) is 11.6. The second kappa shape index (κ2) is 8.67. The summed E-state index contributed by atoms with van der Waals surface area (Å²) in [7, 11) is 0. The molecule has 156 valence electrons. The van der Waals surface area contributed by atoms with E-state index in [0.29, 0.717) is 10.9 Å². The molecule has 3 rings (SSSR count). The summed E-state index contributed by atoms with van der Waals surface area (Å²) in [5.74, 6) is -0.102. The lowest BCUT2D eigenvalue weighted by atomic mass is 9.96. The minimum Gasteiger partial charge on any atom is -0.347 e. The van der Waals surface area contributed by atoms with Gasteiger partial charge >= 0.3 is 0 Å². The number of hydrogen-bond donors (Lipinski definition) is 2. The van der Waals surface area contributed by atoms with E-state index in [0.717, 1.165) is 30.1 Å². The Bertz CT molecular complexity index is 870. The van der Waals surface area contributed by atoms with Gasteiger partial charge in [0.05, 0.1) is 9.88 Å². The Labute approximate surface area is 177 Å². The van der Waals surface area contributed by atoms with Crippen molar-refractivity contribution < 1.29 is 9.59 Å². The zero-order valence-electron chi connectivity index (χ0n) is 17.9. The van der Waals surface area contributed by atoms with Gasteiger partial charge in [-0.2, -0.15) is 0 Å². The van der Waals surface area contributed by atoms with Gasteiger partial charge in [-0.05, 0) is 37.5 Å². The van der Waals surface area contributed by atoms with E-state index >= 15 is 0 Å². The average Bonchev–Trinajstić information content (AvgIpc) is 3.27. The van der Waals surface area contributed by atoms with Gasteiger partial charge < -0.3 is 10.6 Å². The number of likely N-dealkylation sites (tertiary alicyclic amines) is 1. The number of thiophene rings is 1. The van der Waals surface area contributed by atoms with Crippen LogP contribution in [-0.4, -0.2) is 35.8 Å². The van der Waals surface area contributed by atoms with Gasteiger partial charge in [0, 0.05) is 30.6 Å². The zero-order chi connectivity index (χ0) is 21.2.